The van der Waals surface area contributed by atoms with Crippen molar-refractivity contribution < 1.29 is 27.9 Å². The zero-order chi connectivity index (χ0) is 21.2. The summed E-state index contributed by atoms with van der Waals surface area (Å²) in [5.74, 6) is -1.67. The lowest BCUT2D eigenvalue weighted by molar-refractivity contribution is -0.133. The number of anilines is 1. The fourth-order valence-corrected chi connectivity index (χ4v) is 3.32. The molecule has 0 unspecified atom stereocenters. The number of imide groups is 1. The monoisotopic (exact) mass is 423 g/mol. The van der Waals surface area contributed by atoms with Gasteiger partial charge in [-0.2, -0.15) is 8.78 Å². The third-order valence-corrected chi connectivity index (χ3v) is 4.70. The van der Waals surface area contributed by atoms with Gasteiger partial charge >= 0.3 is 12.6 Å². The number of ether oxygens (including phenoxy) is 1. The van der Waals surface area contributed by atoms with Crippen LogP contribution in [0.5, 0.6) is 5.75 Å². The van der Waals surface area contributed by atoms with Crippen LogP contribution in [0.25, 0.3) is 0 Å². The molecule has 2 aromatic carbocycles. The molecular formula is C19H16ClF2N3O4. The second-order valence-electron chi connectivity index (χ2n) is 6.35. The second kappa shape index (κ2) is 8.04. The summed E-state index contributed by atoms with van der Waals surface area (Å²) in [7, 11) is 0. The van der Waals surface area contributed by atoms with Crippen molar-refractivity contribution in [1.29, 1.82) is 0 Å². The fourth-order valence-electron chi connectivity index (χ4n) is 2.99. The first-order chi connectivity index (χ1) is 13.7. The van der Waals surface area contributed by atoms with E-state index in [1.165, 1.54) is 31.2 Å². The van der Waals surface area contributed by atoms with Crippen LogP contribution in [0.1, 0.15) is 12.5 Å². The number of carbonyl (C=O) groups is 3. The van der Waals surface area contributed by atoms with Crippen molar-refractivity contribution in [3.05, 3.63) is 59.1 Å². The second-order valence-corrected chi connectivity index (χ2v) is 6.76. The van der Waals surface area contributed by atoms with Gasteiger partial charge in [0, 0.05) is 10.6 Å². The fraction of sp³-hybridized carbons (Fsp3) is 0.211. The molecule has 0 spiro atoms. The minimum atomic E-state index is -3.07. The summed E-state index contributed by atoms with van der Waals surface area (Å²) >= 11 is 6.15. The van der Waals surface area contributed by atoms with Gasteiger partial charge in [0.25, 0.3) is 5.91 Å². The lowest BCUT2D eigenvalue weighted by Crippen LogP contribution is -2.42. The van der Waals surface area contributed by atoms with Gasteiger partial charge in [0.1, 0.15) is 17.8 Å². The van der Waals surface area contributed by atoms with Crippen molar-refractivity contribution in [2.24, 2.45) is 0 Å². The summed E-state index contributed by atoms with van der Waals surface area (Å²) in [4.78, 5) is 38.3. The lowest BCUT2D eigenvalue weighted by atomic mass is 9.92. The van der Waals surface area contributed by atoms with Gasteiger partial charge in [-0.3, -0.25) is 14.5 Å². The van der Waals surface area contributed by atoms with Crippen molar-refractivity contribution >= 4 is 35.1 Å². The molecule has 7 nitrogen and oxygen atoms in total. The standard InChI is InChI=1S/C19H16ClF2N3O4/c1-19(11-6-2-3-7-12(11)20)16(27)25(18(28)24-19)10-15(26)23-13-8-4-5-9-14(13)29-17(21)22/h2-9,17H,10H2,1H3,(H,23,26)(H,24,28)/t19-/m0/s1. The zero-order valence-electron chi connectivity index (χ0n) is 15.1. The van der Waals surface area contributed by atoms with Crippen molar-refractivity contribution in [2.45, 2.75) is 19.1 Å². The number of hydrogen-bond donors (Lipinski definition) is 2. The zero-order valence-corrected chi connectivity index (χ0v) is 15.9. The maximum absolute atomic E-state index is 12.9. The van der Waals surface area contributed by atoms with Crippen LogP contribution in [0.4, 0.5) is 19.3 Å². The number of nitrogens with zero attached hydrogens (tertiary/aromatic N) is 1. The molecule has 1 saturated heterocycles. The quantitative estimate of drug-likeness (QED) is 0.697. The average molecular weight is 424 g/mol. The maximum atomic E-state index is 12.9. The Morgan fingerprint density at radius 1 is 1.21 bits per heavy atom. The number of alkyl halides is 2. The number of rotatable bonds is 6. The highest BCUT2D eigenvalue weighted by Gasteiger charge is 2.50. The number of hydrogen-bond acceptors (Lipinski definition) is 4. The number of nitrogens with one attached hydrogen (secondary N) is 2. The summed E-state index contributed by atoms with van der Waals surface area (Å²) in [6, 6.07) is 11.3. The molecule has 152 valence electrons. The molecular weight excluding hydrogens is 408 g/mol. The van der Waals surface area contributed by atoms with Gasteiger partial charge in [-0.25, -0.2) is 4.79 Å². The van der Waals surface area contributed by atoms with Gasteiger partial charge in [-0.1, -0.05) is 41.9 Å². The first-order valence-electron chi connectivity index (χ1n) is 8.45. The van der Waals surface area contributed by atoms with Gasteiger partial charge < -0.3 is 15.4 Å². The van der Waals surface area contributed by atoms with E-state index in [0.29, 0.717) is 5.56 Å². The molecule has 1 heterocycles. The van der Waals surface area contributed by atoms with Crippen LogP contribution in [0.2, 0.25) is 5.02 Å². The number of benzene rings is 2. The predicted octanol–water partition coefficient (Wildman–Crippen LogP) is 3.35. The summed E-state index contributed by atoms with van der Waals surface area (Å²) in [6.07, 6.45) is 0. The number of urea groups is 1. The Bertz CT molecular complexity index is 972. The molecule has 1 fully saturated rings. The SMILES string of the molecule is C[C@@]1(c2ccccc2Cl)NC(=O)N(CC(=O)Nc2ccccc2OC(F)F)C1=O. The van der Waals surface area contributed by atoms with E-state index in [-0.39, 0.29) is 16.5 Å². The van der Waals surface area contributed by atoms with Crippen LogP contribution < -0.4 is 15.4 Å². The van der Waals surface area contributed by atoms with Gasteiger partial charge in [0.05, 0.1) is 5.69 Å². The summed E-state index contributed by atoms with van der Waals surface area (Å²) in [6.45, 7) is -2.21. The number of para-hydroxylation sites is 2. The number of carbonyl (C=O) groups excluding carboxylic acids is 3. The van der Waals surface area contributed by atoms with Crippen molar-refractivity contribution in [3.8, 4) is 5.75 Å². The molecule has 0 aromatic heterocycles. The molecule has 0 radical (unpaired) electrons. The van der Waals surface area contributed by atoms with Gasteiger partial charge in [0.2, 0.25) is 5.91 Å². The van der Waals surface area contributed by atoms with Crippen LogP contribution in [-0.4, -0.2) is 35.9 Å². The van der Waals surface area contributed by atoms with Crippen LogP contribution in [0.3, 0.4) is 0 Å². The highest BCUT2D eigenvalue weighted by atomic mass is 35.5. The van der Waals surface area contributed by atoms with Crippen LogP contribution in [-0.2, 0) is 15.1 Å². The minimum absolute atomic E-state index is 0.0151. The molecule has 1 aliphatic rings. The summed E-state index contributed by atoms with van der Waals surface area (Å²) in [5.41, 5.74) is -1.07. The Hall–Kier alpha value is -3.20. The molecule has 10 heteroatoms. The van der Waals surface area contributed by atoms with E-state index in [0.717, 1.165) is 4.90 Å². The van der Waals surface area contributed by atoms with E-state index in [1.54, 1.807) is 24.3 Å². The number of amides is 4. The molecule has 29 heavy (non-hydrogen) atoms. The predicted molar refractivity (Wildman–Crippen MR) is 101 cm³/mol. The van der Waals surface area contributed by atoms with Crippen LogP contribution in [0.15, 0.2) is 48.5 Å². The molecule has 2 aromatic rings. The summed E-state index contributed by atoms with van der Waals surface area (Å²) < 4.78 is 29.3. The van der Waals surface area contributed by atoms with E-state index >= 15 is 0 Å². The molecule has 2 N–H and O–H groups in total. The van der Waals surface area contributed by atoms with Gasteiger partial charge in [0.15, 0.2) is 0 Å². The van der Waals surface area contributed by atoms with E-state index in [2.05, 4.69) is 15.4 Å². The molecule has 0 saturated carbocycles. The van der Waals surface area contributed by atoms with Crippen molar-refractivity contribution in [1.82, 2.24) is 10.2 Å². The molecule has 0 aliphatic carbocycles. The molecule has 0 bridgehead atoms. The van der Waals surface area contributed by atoms with E-state index in [4.69, 9.17) is 11.6 Å². The van der Waals surface area contributed by atoms with E-state index < -0.39 is 36.5 Å². The average Bonchev–Trinajstić information content (AvgIpc) is 2.87. The van der Waals surface area contributed by atoms with Gasteiger partial charge in [-0.05, 0) is 25.1 Å². The van der Waals surface area contributed by atoms with Crippen LogP contribution >= 0.6 is 11.6 Å². The largest absolute Gasteiger partial charge is 0.433 e. The first kappa shape index (κ1) is 20.5. The molecule has 3 rings (SSSR count). The topological polar surface area (TPSA) is 87.7 Å². The van der Waals surface area contributed by atoms with E-state index in [9.17, 15) is 23.2 Å². The van der Waals surface area contributed by atoms with Crippen molar-refractivity contribution in [3.63, 3.8) is 0 Å². The Morgan fingerprint density at radius 3 is 2.55 bits per heavy atom. The highest BCUT2D eigenvalue weighted by Crippen LogP contribution is 2.33. The normalized spacial score (nSPS) is 18.7. The number of halogens is 3. The Balaban J connectivity index is 1.76. The first-order valence-corrected chi connectivity index (χ1v) is 8.83. The Morgan fingerprint density at radius 2 is 1.86 bits per heavy atom. The van der Waals surface area contributed by atoms with E-state index in [1.807, 2.05) is 0 Å². The highest BCUT2D eigenvalue weighted by molar-refractivity contribution is 6.32. The lowest BCUT2D eigenvalue weighted by Gasteiger charge is -2.23. The molecule has 1 atom stereocenters. The smallest absolute Gasteiger partial charge is 0.387 e. The Kier molecular flexibility index (Phi) is 5.69. The third-order valence-electron chi connectivity index (χ3n) is 4.37. The third kappa shape index (κ3) is 4.14. The maximum Gasteiger partial charge on any atom is 0.387 e. The van der Waals surface area contributed by atoms with Crippen molar-refractivity contribution in [2.75, 3.05) is 11.9 Å². The van der Waals surface area contributed by atoms with Crippen LogP contribution in [0, 0.1) is 0 Å². The molecule has 1 aliphatic heterocycles. The Labute approximate surface area is 169 Å². The minimum Gasteiger partial charge on any atom is -0.433 e. The van der Waals surface area contributed by atoms with Gasteiger partial charge in [-0.15, -0.1) is 0 Å². The molecule has 4 amide bonds. The summed E-state index contributed by atoms with van der Waals surface area (Å²) in [5, 5.41) is 5.19.